The molecule has 1 unspecified atom stereocenters. The average Bonchev–Trinajstić information content (AvgIpc) is 2.31. The lowest BCUT2D eigenvalue weighted by atomic mass is 10.1. The van der Waals surface area contributed by atoms with E-state index in [0.29, 0.717) is 6.04 Å². The Morgan fingerprint density at radius 1 is 0.938 bits per heavy atom. The minimum atomic E-state index is -0.117. The molecule has 3 heteroatoms. The summed E-state index contributed by atoms with van der Waals surface area (Å²) < 4.78 is 10.7. The average molecular weight is 231 g/mol. The highest BCUT2D eigenvalue weighted by atomic mass is 16.7. The molecule has 98 valence electrons. The molecule has 3 nitrogen and oxygen atoms in total. The SMILES string of the molecule is CCCCCCC(NCCC)C(OC)OC. The zero-order valence-electron chi connectivity index (χ0n) is 11.4. The summed E-state index contributed by atoms with van der Waals surface area (Å²) in [5.41, 5.74) is 0. The molecule has 0 aliphatic carbocycles. The van der Waals surface area contributed by atoms with Gasteiger partial charge in [-0.3, -0.25) is 0 Å². The van der Waals surface area contributed by atoms with Crippen LogP contribution in [0.5, 0.6) is 0 Å². The molecule has 0 aliphatic heterocycles. The molecule has 0 saturated carbocycles. The zero-order chi connectivity index (χ0) is 12.2. The van der Waals surface area contributed by atoms with Crippen LogP contribution in [0, 0.1) is 0 Å². The monoisotopic (exact) mass is 231 g/mol. The van der Waals surface area contributed by atoms with Crippen LogP contribution in [0.15, 0.2) is 0 Å². The van der Waals surface area contributed by atoms with Gasteiger partial charge in [0, 0.05) is 14.2 Å². The van der Waals surface area contributed by atoms with Gasteiger partial charge in [-0.05, 0) is 19.4 Å². The van der Waals surface area contributed by atoms with E-state index in [4.69, 9.17) is 9.47 Å². The molecule has 0 aromatic heterocycles. The fraction of sp³-hybridized carbons (Fsp3) is 1.00. The molecule has 0 spiro atoms. The Hall–Kier alpha value is -0.120. The molecule has 16 heavy (non-hydrogen) atoms. The first-order valence-electron chi connectivity index (χ1n) is 6.59. The van der Waals surface area contributed by atoms with Gasteiger partial charge in [0.25, 0.3) is 0 Å². The molecule has 0 bridgehead atoms. The van der Waals surface area contributed by atoms with Crippen molar-refractivity contribution < 1.29 is 9.47 Å². The van der Waals surface area contributed by atoms with E-state index >= 15 is 0 Å². The van der Waals surface area contributed by atoms with Crippen molar-refractivity contribution in [2.45, 2.75) is 64.7 Å². The molecule has 1 N–H and O–H groups in total. The van der Waals surface area contributed by atoms with Crippen molar-refractivity contribution in [2.24, 2.45) is 0 Å². The highest BCUT2D eigenvalue weighted by molar-refractivity contribution is 4.70. The third-order valence-electron chi connectivity index (χ3n) is 2.82. The van der Waals surface area contributed by atoms with Crippen LogP contribution < -0.4 is 5.32 Å². The van der Waals surface area contributed by atoms with E-state index in [-0.39, 0.29) is 6.29 Å². The van der Waals surface area contributed by atoms with Crippen LogP contribution in [-0.2, 0) is 9.47 Å². The third kappa shape index (κ3) is 7.20. The molecule has 0 aliphatic rings. The lowest BCUT2D eigenvalue weighted by molar-refractivity contribution is -0.124. The Morgan fingerprint density at radius 2 is 1.62 bits per heavy atom. The fourth-order valence-electron chi connectivity index (χ4n) is 1.88. The molecule has 1 atom stereocenters. The number of rotatable bonds is 11. The van der Waals surface area contributed by atoms with E-state index in [1.165, 1.54) is 25.7 Å². The number of methoxy groups -OCH3 is 2. The van der Waals surface area contributed by atoms with Gasteiger partial charge in [0.2, 0.25) is 0 Å². The fourth-order valence-corrected chi connectivity index (χ4v) is 1.88. The van der Waals surface area contributed by atoms with Crippen LogP contribution in [0.4, 0.5) is 0 Å². The lowest BCUT2D eigenvalue weighted by Gasteiger charge is -2.25. The van der Waals surface area contributed by atoms with Crippen molar-refractivity contribution in [1.82, 2.24) is 5.32 Å². The first kappa shape index (κ1) is 15.9. The molecule has 0 aromatic carbocycles. The maximum atomic E-state index is 5.33. The summed E-state index contributed by atoms with van der Waals surface area (Å²) in [6.45, 7) is 5.44. The molecular weight excluding hydrogens is 202 g/mol. The maximum Gasteiger partial charge on any atom is 0.171 e. The third-order valence-corrected chi connectivity index (χ3v) is 2.82. The van der Waals surface area contributed by atoms with E-state index in [0.717, 1.165) is 19.4 Å². The van der Waals surface area contributed by atoms with E-state index in [2.05, 4.69) is 19.2 Å². The first-order valence-corrected chi connectivity index (χ1v) is 6.59. The highest BCUT2D eigenvalue weighted by Gasteiger charge is 2.19. The lowest BCUT2D eigenvalue weighted by Crippen LogP contribution is -2.42. The predicted octanol–water partition coefficient (Wildman–Crippen LogP) is 2.94. The summed E-state index contributed by atoms with van der Waals surface area (Å²) in [6, 6.07) is 0.326. The summed E-state index contributed by atoms with van der Waals surface area (Å²) in [4.78, 5) is 0. The number of hydrogen-bond donors (Lipinski definition) is 1. The molecule has 0 amide bonds. The second kappa shape index (κ2) is 11.4. The molecule has 0 aromatic rings. The Balaban J connectivity index is 3.88. The van der Waals surface area contributed by atoms with E-state index in [1.807, 2.05) is 0 Å². The van der Waals surface area contributed by atoms with Gasteiger partial charge in [-0.1, -0.05) is 39.5 Å². The van der Waals surface area contributed by atoms with Crippen molar-refractivity contribution in [1.29, 1.82) is 0 Å². The Morgan fingerprint density at radius 3 is 2.12 bits per heavy atom. The number of hydrogen-bond acceptors (Lipinski definition) is 3. The van der Waals surface area contributed by atoms with E-state index in [1.54, 1.807) is 14.2 Å². The maximum absolute atomic E-state index is 5.33. The molecular formula is C13H29NO2. The van der Waals surface area contributed by atoms with E-state index < -0.39 is 0 Å². The summed E-state index contributed by atoms with van der Waals surface area (Å²) >= 11 is 0. The predicted molar refractivity (Wildman–Crippen MR) is 68.6 cm³/mol. The Labute approximate surface area is 101 Å². The van der Waals surface area contributed by atoms with Crippen molar-refractivity contribution in [3.05, 3.63) is 0 Å². The Bertz CT molecular complexity index is 138. The van der Waals surface area contributed by atoms with Crippen molar-refractivity contribution in [3.63, 3.8) is 0 Å². The standard InChI is InChI=1S/C13H29NO2/c1-5-7-8-9-10-12(14-11-6-2)13(15-3)16-4/h12-14H,5-11H2,1-4H3. The second-order valence-electron chi connectivity index (χ2n) is 4.25. The van der Waals surface area contributed by atoms with Crippen molar-refractivity contribution in [2.75, 3.05) is 20.8 Å². The van der Waals surface area contributed by atoms with Gasteiger partial charge in [-0.15, -0.1) is 0 Å². The first-order chi connectivity index (χ1) is 7.79. The smallest absolute Gasteiger partial charge is 0.171 e. The summed E-state index contributed by atoms with van der Waals surface area (Å²) in [6.07, 6.45) is 7.32. The van der Waals surface area contributed by atoms with Crippen molar-refractivity contribution >= 4 is 0 Å². The number of unbranched alkanes of at least 4 members (excludes halogenated alkanes) is 3. The number of nitrogens with one attached hydrogen (secondary N) is 1. The van der Waals surface area contributed by atoms with Crippen LogP contribution in [0.25, 0.3) is 0 Å². The Kier molecular flexibility index (Phi) is 11.3. The normalized spacial score (nSPS) is 13.3. The second-order valence-corrected chi connectivity index (χ2v) is 4.25. The van der Waals surface area contributed by atoms with Crippen molar-refractivity contribution in [3.8, 4) is 0 Å². The topological polar surface area (TPSA) is 30.5 Å². The summed E-state index contributed by atoms with van der Waals surface area (Å²) in [7, 11) is 3.42. The van der Waals surface area contributed by atoms with Crippen LogP contribution >= 0.6 is 0 Å². The van der Waals surface area contributed by atoms with Crippen LogP contribution in [0.1, 0.15) is 52.4 Å². The molecule has 0 rings (SSSR count). The molecule has 0 heterocycles. The van der Waals surface area contributed by atoms with Gasteiger partial charge in [-0.25, -0.2) is 0 Å². The summed E-state index contributed by atoms with van der Waals surface area (Å²) in [5, 5.41) is 3.50. The molecule has 0 saturated heterocycles. The quantitative estimate of drug-likeness (QED) is 0.438. The van der Waals surface area contributed by atoms with Gasteiger partial charge in [0.15, 0.2) is 6.29 Å². The number of ether oxygens (including phenoxy) is 2. The van der Waals surface area contributed by atoms with Crippen LogP contribution in [0.3, 0.4) is 0 Å². The van der Waals surface area contributed by atoms with Crippen LogP contribution in [-0.4, -0.2) is 33.1 Å². The largest absolute Gasteiger partial charge is 0.354 e. The van der Waals surface area contributed by atoms with E-state index in [9.17, 15) is 0 Å². The van der Waals surface area contributed by atoms with Gasteiger partial charge >= 0.3 is 0 Å². The minimum Gasteiger partial charge on any atom is -0.354 e. The zero-order valence-corrected chi connectivity index (χ0v) is 11.4. The minimum absolute atomic E-state index is 0.117. The highest BCUT2D eigenvalue weighted by Crippen LogP contribution is 2.10. The molecule has 0 fully saturated rings. The van der Waals surface area contributed by atoms with Gasteiger partial charge in [0.05, 0.1) is 6.04 Å². The van der Waals surface area contributed by atoms with Gasteiger partial charge < -0.3 is 14.8 Å². The van der Waals surface area contributed by atoms with Gasteiger partial charge in [0.1, 0.15) is 0 Å². The summed E-state index contributed by atoms with van der Waals surface area (Å²) in [5.74, 6) is 0. The van der Waals surface area contributed by atoms with Crippen LogP contribution in [0.2, 0.25) is 0 Å². The van der Waals surface area contributed by atoms with Gasteiger partial charge in [-0.2, -0.15) is 0 Å². The molecule has 0 radical (unpaired) electrons.